The molecule has 2 rings (SSSR count). The van der Waals surface area contributed by atoms with Gasteiger partial charge in [-0.2, -0.15) is 0 Å². The summed E-state index contributed by atoms with van der Waals surface area (Å²) in [5.41, 5.74) is 2.62. The molecule has 1 N–H and O–H groups in total. The Hall–Kier alpha value is -0.670. The van der Waals surface area contributed by atoms with Gasteiger partial charge in [-0.3, -0.25) is 0 Å². The molecule has 1 aliphatic rings. The highest BCUT2D eigenvalue weighted by molar-refractivity contribution is 9.10. The molecule has 1 aromatic carbocycles. The molecule has 0 heterocycles. The Bertz CT molecular complexity index is 484. The van der Waals surface area contributed by atoms with Crippen molar-refractivity contribution in [3.63, 3.8) is 0 Å². The van der Waals surface area contributed by atoms with Crippen LogP contribution in [0.1, 0.15) is 63.5 Å². The fraction of sp³-hybridized carbons (Fsp3) is 0.556. The van der Waals surface area contributed by atoms with Gasteiger partial charge in [0.15, 0.2) is 0 Å². The fourth-order valence-electron chi connectivity index (χ4n) is 2.94. The fourth-order valence-corrected chi connectivity index (χ4v) is 3.52. The summed E-state index contributed by atoms with van der Waals surface area (Å²) in [6.07, 6.45) is 11.0. The summed E-state index contributed by atoms with van der Waals surface area (Å²) in [7, 11) is 0. The van der Waals surface area contributed by atoms with Crippen LogP contribution in [0, 0.1) is 5.82 Å². The lowest BCUT2D eigenvalue weighted by Crippen LogP contribution is -2.24. The van der Waals surface area contributed by atoms with Crippen molar-refractivity contribution >= 4 is 15.9 Å². The summed E-state index contributed by atoms with van der Waals surface area (Å²) >= 11 is 3.53. The van der Waals surface area contributed by atoms with Crippen molar-refractivity contribution in [3.8, 4) is 0 Å². The number of allylic oxidation sites excluding steroid dienone is 1. The van der Waals surface area contributed by atoms with Crippen LogP contribution in [0.25, 0.3) is 0 Å². The van der Waals surface area contributed by atoms with Crippen LogP contribution < -0.4 is 5.32 Å². The number of hydrogen-bond acceptors (Lipinski definition) is 1. The Labute approximate surface area is 136 Å². The number of hydrogen-bond donors (Lipinski definition) is 1. The summed E-state index contributed by atoms with van der Waals surface area (Å²) < 4.78 is 14.2. The third kappa shape index (κ3) is 4.93. The smallest absolute Gasteiger partial charge is 0.124 e. The number of halogens is 2. The maximum atomic E-state index is 13.4. The predicted octanol–water partition coefficient (Wildman–Crippen LogP) is 5.91. The highest BCUT2D eigenvalue weighted by Gasteiger charge is 2.19. The van der Waals surface area contributed by atoms with Crippen LogP contribution in [0.15, 0.2) is 34.3 Å². The van der Waals surface area contributed by atoms with Gasteiger partial charge in [-0.15, -0.1) is 0 Å². The van der Waals surface area contributed by atoms with Crippen LogP contribution in [0.4, 0.5) is 4.39 Å². The molecule has 3 heteroatoms. The van der Waals surface area contributed by atoms with E-state index in [0.29, 0.717) is 0 Å². The molecule has 0 aliphatic heterocycles. The molecule has 0 saturated heterocycles. The summed E-state index contributed by atoms with van der Waals surface area (Å²) in [6.45, 7) is 3.15. The van der Waals surface area contributed by atoms with Crippen molar-refractivity contribution in [2.24, 2.45) is 0 Å². The first-order valence-corrected chi connectivity index (χ1v) is 8.89. The van der Waals surface area contributed by atoms with E-state index in [4.69, 9.17) is 0 Å². The monoisotopic (exact) mass is 353 g/mol. The third-order valence-corrected chi connectivity index (χ3v) is 4.76. The van der Waals surface area contributed by atoms with Crippen LogP contribution in [0.2, 0.25) is 0 Å². The number of rotatable bonds is 5. The van der Waals surface area contributed by atoms with E-state index >= 15 is 0 Å². The standard InChI is InChI=1S/C18H25BrFN/c1-2-12-21-18(14-8-6-4-3-5-7-9-14)16-11-10-15(20)13-17(16)19/h8,10-11,13,18,21H,2-7,9,12H2,1H3/b14-8+. The molecule has 0 radical (unpaired) electrons. The molecular weight excluding hydrogens is 329 g/mol. The Morgan fingerprint density at radius 1 is 1.24 bits per heavy atom. The Kier molecular flexibility index (Phi) is 6.91. The summed E-state index contributed by atoms with van der Waals surface area (Å²) in [5.74, 6) is -0.188. The van der Waals surface area contributed by atoms with E-state index in [2.05, 4.69) is 34.2 Å². The number of nitrogens with one attached hydrogen (secondary N) is 1. The van der Waals surface area contributed by atoms with Crippen LogP contribution in [0.5, 0.6) is 0 Å². The van der Waals surface area contributed by atoms with Gasteiger partial charge in [0.2, 0.25) is 0 Å². The maximum Gasteiger partial charge on any atom is 0.124 e. The second-order valence-electron chi connectivity index (χ2n) is 5.78. The van der Waals surface area contributed by atoms with Gasteiger partial charge in [0.1, 0.15) is 5.82 Å². The minimum atomic E-state index is -0.188. The summed E-state index contributed by atoms with van der Waals surface area (Å²) in [5, 5.41) is 3.64. The normalized spacial score (nSPS) is 20.2. The van der Waals surface area contributed by atoms with Crippen molar-refractivity contribution in [2.75, 3.05) is 6.54 Å². The van der Waals surface area contributed by atoms with E-state index < -0.39 is 0 Å². The Balaban J connectivity index is 2.27. The summed E-state index contributed by atoms with van der Waals surface area (Å²) in [6, 6.07) is 5.24. The van der Waals surface area contributed by atoms with E-state index in [1.807, 2.05) is 6.07 Å². The Morgan fingerprint density at radius 3 is 2.81 bits per heavy atom. The molecule has 0 fully saturated rings. The molecule has 1 aliphatic carbocycles. The van der Waals surface area contributed by atoms with Gasteiger partial charge >= 0.3 is 0 Å². The van der Waals surface area contributed by atoms with E-state index in [1.54, 1.807) is 12.1 Å². The Morgan fingerprint density at radius 2 is 2.05 bits per heavy atom. The van der Waals surface area contributed by atoms with Crippen LogP contribution >= 0.6 is 15.9 Å². The predicted molar refractivity (Wildman–Crippen MR) is 90.9 cm³/mol. The molecule has 116 valence electrons. The van der Waals surface area contributed by atoms with Crippen molar-refractivity contribution in [2.45, 2.75) is 57.9 Å². The van der Waals surface area contributed by atoms with Gasteiger partial charge in [0, 0.05) is 4.47 Å². The van der Waals surface area contributed by atoms with Crippen molar-refractivity contribution in [3.05, 3.63) is 45.7 Å². The largest absolute Gasteiger partial charge is 0.307 e. The topological polar surface area (TPSA) is 12.0 Å². The van der Waals surface area contributed by atoms with Crippen molar-refractivity contribution in [1.29, 1.82) is 0 Å². The molecule has 0 saturated carbocycles. The van der Waals surface area contributed by atoms with Gasteiger partial charge < -0.3 is 5.32 Å². The molecule has 0 aromatic heterocycles. The highest BCUT2D eigenvalue weighted by atomic mass is 79.9. The van der Waals surface area contributed by atoms with E-state index in [-0.39, 0.29) is 11.9 Å². The average molecular weight is 354 g/mol. The van der Waals surface area contributed by atoms with E-state index in [9.17, 15) is 4.39 Å². The molecular formula is C18H25BrFN. The van der Waals surface area contributed by atoms with E-state index in [0.717, 1.165) is 29.4 Å². The maximum absolute atomic E-state index is 13.4. The molecule has 1 atom stereocenters. The highest BCUT2D eigenvalue weighted by Crippen LogP contribution is 2.33. The quantitative estimate of drug-likeness (QED) is 0.648. The molecule has 0 amide bonds. The summed E-state index contributed by atoms with van der Waals surface area (Å²) in [4.78, 5) is 0. The minimum Gasteiger partial charge on any atom is -0.307 e. The third-order valence-electron chi connectivity index (χ3n) is 4.07. The van der Waals surface area contributed by atoms with Gasteiger partial charge in [-0.05, 0) is 56.3 Å². The first-order chi connectivity index (χ1) is 10.2. The SMILES string of the molecule is CCCNC(/C1=C/CCCCCC1)c1ccc(F)cc1Br. The zero-order valence-corrected chi connectivity index (χ0v) is 14.4. The first kappa shape index (κ1) is 16.7. The van der Waals surface area contributed by atoms with E-state index in [1.165, 1.54) is 37.7 Å². The second kappa shape index (κ2) is 8.70. The van der Waals surface area contributed by atoms with Crippen LogP contribution in [0.3, 0.4) is 0 Å². The van der Waals surface area contributed by atoms with Crippen LogP contribution in [-0.2, 0) is 0 Å². The lowest BCUT2D eigenvalue weighted by molar-refractivity contribution is 0.538. The second-order valence-corrected chi connectivity index (χ2v) is 6.64. The lowest BCUT2D eigenvalue weighted by atomic mass is 9.91. The molecule has 0 bridgehead atoms. The molecule has 1 aromatic rings. The number of benzene rings is 1. The molecule has 1 unspecified atom stereocenters. The zero-order chi connectivity index (χ0) is 15.1. The molecule has 21 heavy (non-hydrogen) atoms. The van der Waals surface area contributed by atoms with Gasteiger partial charge in [0.05, 0.1) is 6.04 Å². The minimum absolute atomic E-state index is 0.188. The lowest BCUT2D eigenvalue weighted by Gasteiger charge is -2.25. The van der Waals surface area contributed by atoms with Gasteiger partial charge in [-0.25, -0.2) is 4.39 Å². The van der Waals surface area contributed by atoms with Gasteiger partial charge in [0.25, 0.3) is 0 Å². The average Bonchev–Trinajstić information content (AvgIpc) is 2.42. The molecule has 1 nitrogen and oxygen atoms in total. The first-order valence-electron chi connectivity index (χ1n) is 8.09. The molecule has 0 spiro atoms. The van der Waals surface area contributed by atoms with Crippen LogP contribution in [-0.4, -0.2) is 6.54 Å². The zero-order valence-electron chi connectivity index (χ0n) is 12.8. The van der Waals surface area contributed by atoms with Crippen molar-refractivity contribution in [1.82, 2.24) is 5.32 Å². The van der Waals surface area contributed by atoms with Gasteiger partial charge in [-0.1, -0.05) is 53.4 Å². The van der Waals surface area contributed by atoms with Crippen molar-refractivity contribution < 1.29 is 4.39 Å².